The number of amides is 2. The second kappa shape index (κ2) is 13.8. The highest BCUT2D eigenvalue weighted by Gasteiger charge is 2.32. The number of nitrogens with zero attached hydrogens (tertiary/aromatic N) is 2. The number of carbonyl (C=O) groups is 2. The van der Waals surface area contributed by atoms with Gasteiger partial charge in [-0.25, -0.2) is 8.42 Å². The Bertz CT molecular complexity index is 1390. The van der Waals surface area contributed by atoms with Crippen molar-refractivity contribution in [2.75, 3.05) is 18.0 Å². The Hall–Kier alpha value is -3.37. The van der Waals surface area contributed by atoms with E-state index >= 15 is 0 Å². The molecule has 0 aliphatic carbocycles. The molecule has 0 fully saturated rings. The summed E-state index contributed by atoms with van der Waals surface area (Å²) in [5.41, 5.74) is 2.02. The van der Waals surface area contributed by atoms with Gasteiger partial charge in [0.1, 0.15) is 18.3 Å². The minimum Gasteiger partial charge on any atom is -0.497 e. The first-order chi connectivity index (χ1) is 19.0. The van der Waals surface area contributed by atoms with E-state index in [9.17, 15) is 18.0 Å². The van der Waals surface area contributed by atoms with Crippen LogP contribution in [0.3, 0.4) is 0 Å². The first-order valence-corrected chi connectivity index (χ1v) is 15.3. The normalized spacial score (nSPS) is 12.8. The van der Waals surface area contributed by atoms with Crippen LogP contribution in [0.2, 0.25) is 0 Å². The Balaban J connectivity index is 2.01. The summed E-state index contributed by atoms with van der Waals surface area (Å²) < 4.78 is 34.8. The molecule has 0 heterocycles. The molecule has 0 spiro atoms. The molecule has 2 amide bonds. The number of benzene rings is 3. The molecule has 0 aliphatic rings. The molecule has 10 heteroatoms. The van der Waals surface area contributed by atoms with Gasteiger partial charge in [-0.1, -0.05) is 52.7 Å². The first kappa shape index (κ1) is 31.2. The van der Waals surface area contributed by atoms with Crippen LogP contribution in [0.15, 0.2) is 82.2 Å². The van der Waals surface area contributed by atoms with Gasteiger partial charge in [0, 0.05) is 17.1 Å². The first-order valence-electron chi connectivity index (χ1n) is 13.0. The lowest BCUT2D eigenvalue weighted by molar-refractivity contribution is -0.139. The molecule has 0 aliphatic heterocycles. The molecule has 214 valence electrons. The summed E-state index contributed by atoms with van der Waals surface area (Å²) in [7, 11) is -2.54. The molecule has 2 atom stereocenters. The smallest absolute Gasteiger partial charge is 0.264 e. The lowest BCUT2D eigenvalue weighted by Crippen LogP contribution is -2.52. The zero-order valence-corrected chi connectivity index (χ0v) is 25.8. The highest BCUT2D eigenvalue weighted by Crippen LogP contribution is 2.26. The van der Waals surface area contributed by atoms with Crippen LogP contribution >= 0.6 is 15.9 Å². The van der Waals surface area contributed by atoms with Crippen molar-refractivity contribution in [2.45, 2.75) is 57.6 Å². The molecule has 40 heavy (non-hydrogen) atoms. The van der Waals surface area contributed by atoms with Gasteiger partial charge in [-0.05, 0) is 81.3 Å². The summed E-state index contributed by atoms with van der Waals surface area (Å²) in [6.07, 6.45) is 0.733. The largest absolute Gasteiger partial charge is 0.497 e. The minimum atomic E-state index is -4.11. The van der Waals surface area contributed by atoms with Crippen molar-refractivity contribution in [3.8, 4) is 5.75 Å². The number of anilines is 1. The Morgan fingerprint density at radius 1 is 0.950 bits per heavy atom. The van der Waals surface area contributed by atoms with E-state index in [2.05, 4.69) is 21.2 Å². The van der Waals surface area contributed by atoms with Gasteiger partial charge in [0.05, 0.1) is 17.7 Å². The number of sulfonamides is 1. The molecule has 0 bridgehead atoms. The molecule has 3 aromatic rings. The molecule has 1 N–H and O–H groups in total. The highest BCUT2D eigenvalue weighted by atomic mass is 79.9. The molecular weight excluding hydrogens is 594 g/mol. The van der Waals surface area contributed by atoms with E-state index < -0.39 is 28.5 Å². The summed E-state index contributed by atoms with van der Waals surface area (Å²) in [6.45, 7) is 6.99. The van der Waals surface area contributed by atoms with Crippen LogP contribution in [0.1, 0.15) is 38.3 Å². The van der Waals surface area contributed by atoms with Crippen molar-refractivity contribution in [3.63, 3.8) is 0 Å². The van der Waals surface area contributed by atoms with Gasteiger partial charge in [-0.15, -0.1) is 0 Å². The molecular formula is C30H36BrN3O5S. The fourth-order valence-corrected chi connectivity index (χ4v) is 5.63. The van der Waals surface area contributed by atoms with Crippen molar-refractivity contribution in [3.05, 3.63) is 88.4 Å². The summed E-state index contributed by atoms with van der Waals surface area (Å²) in [4.78, 5) is 28.6. The summed E-state index contributed by atoms with van der Waals surface area (Å²) in [5.74, 6) is -0.163. The Kier molecular flexibility index (Phi) is 10.8. The summed E-state index contributed by atoms with van der Waals surface area (Å²) in [5, 5.41) is 2.93. The average molecular weight is 631 g/mol. The van der Waals surface area contributed by atoms with Gasteiger partial charge in [0.25, 0.3) is 10.0 Å². The van der Waals surface area contributed by atoms with Gasteiger partial charge in [-0.3, -0.25) is 13.9 Å². The van der Waals surface area contributed by atoms with Gasteiger partial charge >= 0.3 is 0 Å². The fourth-order valence-electron chi connectivity index (χ4n) is 3.95. The number of methoxy groups -OCH3 is 1. The van der Waals surface area contributed by atoms with Crippen molar-refractivity contribution in [2.24, 2.45) is 0 Å². The number of aryl methyl sites for hydroxylation is 1. The number of nitrogens with one attached hydrogen (secondary N) is 1. The Labute approximate surface area is 245 Å². The molecule has 0 radical (unpaired) electrons. The third kappa shape index (κ3) is 7.85. The number of carbonyl (C=O) groups excluding carboxylic acids is 2. The SMILES string of the molecule is CC[C@H](C)NC(=O)[C@H](C)N(Cc1ccc(OC)cc1)C(=O)CN(c1ccc(Br)cc1)S(=O)(=O)c1ccc(C)cc1. The molecule has 0 aromatic heterocycles. The second-order valence-corrected chi connectivity index (χ2v) is 12.4. The van der Waals surface area contributed by atoms with Crippen LogP contribution in [0, 0.1) is 6.92 Å². The summed E-state index contributed by atoms with van der Waals surface area (Å²) >= 11 is 3.38. The van der Waals surface area contributed by atoms with E-state index in [1.807, 2.05) is 32.9 Å². The number of rotatable bonds is 12. The maximum Gasteiger partial charge on any atom is 0.264 e. The molecule has 0 saturated heterocycles. The highest BCUT2D eigenvalue weighted by molar-refractivity contribution is 9.10. The molecule has 0 saturated carbocycles. The van der Waals surface area contributed by atoms with E-state index in [-0.39, 0.29) is 23.4 Å². The van der Waals surface area contributed by atoms with Crippen molar-refractivity contribution in [1.29, 1.82) is 0 Å². The third-order valence-electron chi connectivity index (χ3n) is 6.68. The van der Waals surface area contributed by atoms with E-state index in [1.165, 1.54) is 17.0 Å². The van der Waals surface area contributed by atoms with E-state index in [4.69, 9.17) is 4.74 Å². The lowest BCUT2D eigenvalue weighted by atomic mass is 10.1. The van der Waals surface area contributed by atoms with Crippen LogP contribution in [0.4, 0.5) is 5.69 Å². The van der Waals surface area contributed by atoms with E-state index in [0.717, 1.165) is 26.3 Å². The van der Waals surface area contributed by atoms with Gasteiger partial charge in [-0.2, -0.15) is 0 Å². The van der Waals surface area contributed by atoms with Crippen LogP contribution in [0.25, 0.3) is 0 Å². The van der Waals surface area contributed by atoms with E-state index in [0.29, 0.717) is 11.4 Å². The molecule has 3 aromatic carbocycles. The second-order valence-electron chi connectivity index (χ2n) is 9.66. The maximum atomic E-state index is 14.0. The number of ether oxygens (including phenoxy) is 1. The minimum absolute atomic E-state index is 0.0677. The predicted molar refractivity (Wildman–Crippen MR) is 161 cm³/mol. The zero-order chi connectivity index (χ0) is 29.4. The molecule has 8 nitrogen and oxygen atoms in total. The topological polar surface area (TPSA) is 96.0 Å². The van der Waals surface area contributed by atoms with Crippen molar-refractivity contribution in [1.82, 2.24) is 10.2 Å². The summed E-state index contributed by atoms with van der Waals surface area (Å²) in [6, 6.07) is 19.4. The van der Waals surface area contributed by atoms with Crippen molar-refractivity contribution < 1.29 is 22.7 Å². The standard InChI is InChI=1S/C30H36BrN3O5S/c1-6-22(3)32-30(36)23(4)33(19-24-9-15-27(39-5)16-10-24)29(35)20-34(26-13-11-25(31)12-14-26)40(37,38)28-17-7-21(2)8-18-28/h7-18,22-23H,6,19-20H2,1-5H3,(H,32,36)/t22-,23-/m0/s1. The number of hydrogen-bond donors (Lipinski definition) is 1. The zero-order valence-electron chi connectivity index (χ0n) is 23.4. The van der Waals surface area contributed by atoms with E-state index in [1.54, 1.807) is 62.6 Å². The van der Waals surface area contributed by atoms with Crippen LogP contribution in [-0.4, -0.2) is 50.9 Å². The lowest BCUT2D eigenvalue weighted by Gasteiger charge is -2.32. The molecule has 0 unspecified atom stereocenters. The predicted octanol–water partition coefficient (Wildman–Crippen LogP) is 5.29. The van der Waals surface area contributed by atoms with Crippen molar-refractivity contribution >= 4 is 43.5 Å². The Morgan fingerprint density at radius 2 is 1.55 bits per heavy atom. The maximum absolute atomic E-state index is 14.0. The quantitative estimate of drug-likeness (QED) is 0.294. The van der Waals surface area contributed by atoms with Gasteiger partial charge < -0.3 is 15.0 Å². The number of halogens is 1. The van der Waals surface area contributed by atoms with Gasteiger partial charge in [0.15, 0.2) is 0 Å². The molecule has 3 rings (SSSR count). The average Bonchev–Trinajstić information content (AvgIpc) is 2.95. The monoisotopic (exact) mass is 629 g/mol. The van der Waals surface area contributed by atoms with Gasteiger partial charge in [0.2, 0.25) is 11.8 Å². The number of hydrogen-bond acceptors (Lipinski definition) is 5. The third-order valence-corrected chi connectivity index (χ3v) is 9.00. The fraction of sp³-hybridized carbons (Fsp3) is 0.333. The Morgan fingerprint density at radius 3 is 2.10 bits per heavy atom. The van der Waals surface area contributed by atoms with Crippen LogP contribution in [-0.2, 0) is 26.2 Å². The van der Waals surface area contributed by atoms with Crippen LogP contribution < -0.4 is 14.4 Å². The van der Waals surface area contributed by atoms with Crippen LogP contribution in [0.5, 0.6) is 5.75 Å².